The summed E-state index contributed by atoms with van der Waals surface area (Å²) in [5, 5.41) is 5.83. The van der Waals surface area contributed by atoms with Crippen LogP contribution in [-0.4, -0.2) is 87.2 Å². The van der Waals surface area contributed by atoms with Crippen LogP contribution in [-0.2, 0) is 4.79 Å². The van der Waals surface area contributed by atoms with Gasteiger partial charge in [-0.2, -0.15) is 0 Å². The second-order valence-corrected chi connectivity index (χ2v) is 6.62. The van der Waals surface area contributed by atoms with Crippen LogP contribution in [0.15, 0.2) is 29.3 Å². The molecule has 2 N–H and O–H groups in total. The fourth-order valence-corrected chi connectivity index (χ4v) is 3.35. The largest absolute Gasteiger partial charge is 0.497 e. The number of guanidine groups is 1. The molecule has 0 bridgehead atoms. The highest BCUT2D eigenvalue weighted by Gasteiger charge is 2.28. The molecule has 3 rings (SSSR count). The molecule has 2 saturated heterocycles. The average molecular weight is 516 g/mol. The molecule has 2 aliphatic heterocycles. The molecule has 1 aromatic rings. The zero-order chi connectivity index (χ0) is 19.9. The Morgan fingerprint density at radius 1 is 1.24 bits per heavy atom. The SMILES string of the molecule is CCNC(=NCCN1C(=O)CNC1=O)N1CCN(c2cccc(OC)c2)CC1.I. The molecule has 0 saturated carbocycles. The van der Waals surface area contributed by atoms with Gasteiger partial charge in [-0.25, -0.2) is 4.79 Å². The van der Waals surface area contributed by atoms with Gasteiger partial charge in [0, 0.05) is 44.5 Å². The molecule has 1 aromatic carbocycles. The minimum Gasteiger partial charge on any atom is -0.497 e. The smallest absolute Gasteiger partial charge is 0.324 e. The maximum atomic E-state index is 11.7. The predicted octanol–water partition coefficient (Wildman–Crippen LogP) is 0.953. The van der Waals surface area contributed by atoms with Crippen molar-refractivity contribution in [2.24, 2.45) is 4.99 Å². The summed E-state index contributed by atoms with van der Waals surface area (Å²) in [4.78, 5) is 33.6. The molecule has 2 fully saturated rings. The number of piperazine rings is 1. The van der Waals surface area contributed by atoms with Crippen LogP contribution in [0.1, 0.15) is 6.92 Å². The summed E-state index contributed by atoms with van der Waals surface area (Å²) in [6, 6.07) is 7.75. The summed E-state index contributed by atoms with van der Waals surface area (Å²) in [6.45, 7) is 6.99. The van der Waals surface area contributed by atoms with Gasteiger partial charge in [0.25, 0.3) is 0 Å². The Kier molecular flexibility index (Phi) is 8.80. The van der Waals surface area contributed by atoms with Gasteiger partial charge in [0.05, 0.1) is 26.7 Å². The van der Waals surface area contributed by atoms with Crippen molar-refractivity contribution >= 4 is 47.6 Å². The van der Waals surface area contributed by atoms with Gasteiger partial charge in [-0.3, -0.25) is 14.7 Å². The number of amides is 3. The molecule has 0 radical (unpaired) electrons. The first-order valence-electron chi connectivity index (χ1n) is 9.63. The van der Waals surface area contributed by atoms with Crippen LogP contribution in [0.3, 0.4) is 0 Å². The number of carbonyl (C=O) groups is 2. The van der Waals surface area contributed by atoms with Crippen LogP contribution >= 0.6 is 24.0 Å². The number of halogens is 1. The molecule has 0 aromatic heterocycles. The van der Waals surface area contributed by atoms with Crippen molar-refractivity contribution in [1.29, 1.82) is 0 Å². The number of carbonyl (C=O) groups excluding carboxylic acids is 2. The molecule has 2 aliphatic rings. The molecule has 0 unspecified atom stereocenters. The van der Waals surface area contributed by atoms with Gasteiger partial charge >= 0.3 is 6.03 Å². The molecule has 9 nitrogen and oxygen atoms in total. The number of hydrogen-bond donors (Lipinski definition) is 2. The highest BCUT2D eigenvalue weighted by atomic mass is 127. The Morgan fingerprint density at radius 2 is 2.00 bits per heavy atom. The number of benzene rings is 1. The molecular weight excluding hydrogens is 487 g/mol. The number of methoxy groups -OCH3 is 1. The van der Waals surface area contributed by atoms with Crippen molar-refractivity contribution < 1.29 is 14.3 Å². The fraction of sp³-hybridized carbons (Fsp3) is 0.526. The van der Waals surface area contributed by atoms with Crippen molar-refractivity contribution in [3.63, 3.8) is 0 Å². The normalized spacial score (nSPS) is 17.2. The van der Waals surface area contributed by atoms with Gasteiger partial charge < -0.3 is 25.2 Å². The first kappa shape index (κ1) is 23.0. The van der Waals surface area contributed by atoms with E-state index in [2.05, 4.69) is 31.5 Å². The van der Waals surface area contributed by atoms with E-state index < -0.39 is 0 Å². The van der Waals surface area contributed by atoms with Crippen molar-refractivity contribution in [2.75, 3.05) is 64.4 Å². The zero-order valence-electron chi connectivity index (χ0n) is 16.9. The molecule has 10 heteroatoms. The highest BCUT2D eigenvalue weighted by Crippen LogP contribution is 2.22. The van der Waals surface area contributed by atoms with Gasteiger partial charge in [0.1, 0.15) is 5.75 Å². The second kappa shape index (κ2) is 11.1. The zero-order valence-corrected chi connectivity index (χ0v) is 19.2. The molecule has 2 heterocycles. The summed E-state index contributed by atoms with van der Waals surface area (Å²) >= 11 is 0. The van der Waals surface area contributed by atoms with Crippen molar-refractivity contribution in [1.82, 2.24) is 20.4 Å². The van der Waals surface area contributed by atoms with E-state index >= 15 is 0 Å². The minimum atomic E-state index is -0.336. The average Bonchev–Trinajstić information content (AvgIpc) is 3.05. The first-order valence-corrected chi connectivity index (χ1v) is 9.63. The summed E-state index contributed by atoms with van der Waals surface area (Å²) in [5.74, 6) is 1.48. The lowest BCUT2D eigenvalue weighted by atomic mass is 10.2. The predicted molar refractivity (Wildman–Crippen MR) is 123 cm³/mol. The number of anilines is 1. The molecule has 0 aliphatic carbocycles. The number of nitrogens with zero attached hydrogens (tertiary/aromatic N) is 4. The maximum Gasteiger partial charge on any atom is 0.324 e. The van der Waals surface area contributed by atoms with E-state index in [-0.39, 0.29) is 42.5 Å². The lowest BCUT2D eigenvalue weighted by molar-refractivity contribution is -0.124. The number of hydrogen-bond acceptors (Lipinski definition) is 5. The Balaban J connectivity index is 0.00000300. The number of urea groups is 1. The molecule has 0 atom stereocenters. The van der Waals surface area contributed by atoms with Crippen molar-refractivity contribution in [3.8, 4) is 5.75 Å². The summed E-state index contributed by atoms with van der Waals surface area (Å²) in [5.41, 5.74) is 1.15. The van der Waals surface area contributed by atoms with Gasteiger partial charge in [0.15, 0.2) is 5.96 Å². The van der Waals surface area contributed by atoms with Crippen molar-refractivity contribution in [3.05, 3.63) is 24.3 Å². The highest BCUT2D eigenvalue weighted by molar-refractivity contribution is 14.0. The van der Waals surface area contributed by atoms with Crippen LogP contribution in [0, 0.1) is 0 Å². The lowest BCUT2D eigenvalue weighted by Crippen LogP contribution is -2.52. The monoisotopic (exact) mass is 516 g/mol. The molecule has 3 amide bonds. The summed E-state index contributed by atoms with van der Waals surface area (Å²) in [6.07, 6.45) is 0. The maximum absolute atomic E-state index is 11.7. The summed E-state index contributed by atoms with van der Waals surface area (Å²) in [7, 11) is 1.68. The number of nitrogens with one attached hydrogen (secondary N) is 2. The third-order valence-corrected chi connectivity index (χ3v) is 4.85. The quantitative estimate of drug-likeness (QED) is 0.254. The topological polar surface area (TPSA) is 89.5 Å². The number of imide groups is 1. The van der Waals surface area contributed by atoms with Crippen LogP contribution in [0.25, 0.3) is 0 Å². The third kappa shape index (κ3) is 5.87. The minimum absolute atomic E-state index is 0. The van der Waals surface area contributed by atoms with Gasteiger partial charge in [0.2, 0.25) is 5.91 Å². The number of aliphatic imine (C=N–C) groups is 1. The van der Waals surface area contributed by atoms with E-state index in [1.165, 1.54) is 4.90 Å². The van der Waals surface area contributed by atoms with E-state index in [1.54, 1.807) is 7.11 Å². The Bertz CT molecular complexity index is 720. The second-order valence-electron chi connectivity index (χ2n) is 6.62. The van der Waals surface area contributed by atoms with E-state index in [1.807, 2.05) is 25.1 Å². The number of ether oxygens (including phenoxy) is 1. The Morgan fingerprint density at radius 3 is 2.62 bits per heavy atom. The van der Waals surface area contributed by atoms with E-state index in [0.717, 1.165) is 50.1 Å². The van der Waals surface area contributed by atoms with Crippen molar-refractivity contribution in [2.45, 2.75) is 6.92 Å². The van der Waals surface area contributed by atoms with Crippen LogP contribution in [0.2, 0.25) is 0 Å². The first-order chi connectivity index (χ1) is 13.6. The van der Waals surface area contributed by atoms with Gasteiger partial charge in [-0.1, -0.05) is 6.07 Å². The van der Waals surface area contributed by atoms with E-state index in [0.29, 0.717) is 13.1 Å². The van der Waals surface area contributed by atoms with Gasteiger partial charge in [-0.15, -0.1) is 24.0 Å². The van der Waals surface area contributed by atoms with Gasteiger partial charge in [-0.05, 0) is 19.1 Å². The standard InChI is InChI=1S/C19H28N6O3.HI/c1-3-20-18(21-7-8-25-17(26)14-22-19(25)27)24-11-9-23(10-12-24)15-5-4-6-16(13-15)28-2;/h4-6,13H,3,7-12,14H2,1-2H3,(H,20,21)(H,22,27);1H. The molecule has 160 valence electrons. The van der Waals surface area contributed by atoms with E-state index in [4.69, 9.17) is 4.74 Å². The Hall–Kier alpha value is -2.24. The molecule has 0 spiro atoms. The lowest BCUT2D eigenvalue weighted by Gasteiger charge is -2.37. The molecular formula is C19H29IN6O3. The third-order valence-electron chi connectivity index (χ3n) is 4.85. The number of rotatable bonds is 6. The van der Waals surface area contributed by atoms with Crippen LogP contribution in [0.5, 0.6) is 5.75 Å². The van der Waals surface area contributed by atoms with Crippen LogP contribution in [0.4, 0.5) is 10.5 Å². The molecule has 29 heavy (non-hydrogen) atoms. The summed E-state index contributed by atoms with van der Waals surface area (Å²) < 4.78 is 5.32. The fourth-order valence-electron chi connectivity index (χ4n) is 3.35. The van der Waals surface area contributed by atoms with Crippen LogP contribution < -0.4 is 20.3 Å². The Labute approximate surface area is 188 Å². The van der Waals surface area contributed by atoms with E-state index in [9.17, 15) is 9.59 Å².